The maximum atomic E-state index is 5.84. The molecule has 5 heteroatoms. The van der Waals surface area contributed by atoms with Crippen molar-refractivity contribution in [2.45, 2.75) is 13.3 Å². The van der Waals surface area contributed by atoms with Crippen LogP contribution in [0, 0.1) is 6.92 Å². The van der Waals surface area contributed by atoms with Crippen LogP contribution in [-0.2, 0) is 6.42 Å². The first-order valence-electron chi connectivity index (χ1n) is 5.59. The fourth-order valence-corrected chi connectivity index (χ4v) is 1.74. The maximum absolute atomic E-state index is 5.84. The summed E-state index contributed by atoms with van der Waals surface area (Å²) in [5, 5.41) is 0. The van der Waals surface area contributed by atoms with E-state index in [1.165, 1.54) is 5.56 Å². The van der Waals surface area contributed by atoms with E-state index in [-0.39, 0.29) is 0 Å². The Balaban J connectivity index is 1.98. The molecule has 0 fully saturated rings. The summed E-state index contributed by atoms with van der Waals surface area (Å²) < 4.78 is 0. The SMILES string of the molecule is Cc1nc(N(C)CCc2ccncc2)c(N)[nH]1. The van der Waals surface area contributed by atoms with Gasteiger partial charge < -0.3 is 15.6 Å². The van der Waals surface area contributed by atoms with Gasteiger partial charge in [-0.15, -0.1) is 0 Å². The highest BCUT2D eigenvalue weighted by atomic mass is 15.2. The van der Waals surface area contributed by atoms with E-state index in [1.807, 2.05) is 38.5 Å². The van der Waals surface area contributed by atoms with Crippen LogP contribution in [0.25, 0.3) is 0 Å². The van der Waals surface area contributed by atoms with Gasteiger partial charge >= 0.3 is 0 Å². The lowest BCUT2D eigenvalue weighted by Gasteiger charge is -2.16. The molecular weight excluding hydrogens is 214 g/mol. The molecule has 17 heavy (non-hydrogen) atoms. The first-order valence-corrected chi connectivity index (χ1v) is 5.59. The average Bonchev–Trinajstić information content (AvgIpc) is 2.67. The predicted octanol–water partition coefficient (Wildman–Crippen LogP) is 1.37. The second kappa shape index (κ2) is 4.86. The summed E-state index contributed by atoms with van der Waals surface area (Å²) in [5.41, 5.74) is 7.10. The number of nitrogens with one attached hydrogen (secondary N) is 1. The largest absolute Gasteiger partial charge is 0.382 e. The Morgan fingerprint density at radius 3 is 2.65 bits per heavy atom. The molecule has 0 saturated heterocycles. The molecule has 0 unspecified atom stereocenters. The first kappa shape index (κ1) is 11.4. The van der Waals surface area contributed by atoms with Crippen LogP contribution in [0.15, 0.2) is 24.5 Å². The van der Waals surface area contributed by atoms with Crippen molar-refractivity contribution < 1.29 is 0 Å². The zero-order valence-electron chi connectivity index (χ0n) is 10.1. The number of aromatic amines is 1. The Hall–Kier alpha value is -2.04. The van der Waals surface area contributed by atoms with E-state index >= 15 is 0 Å². The highest BCUT2D eigenvalue weighted by molar-refractivity contribution is 5.58. The van der Waals surface area contributed by atoms with Crippen molar-refractivity contribution in [2.75, 3.05) is 24.2 Å². The molecule has 0 saturated carbocycles. The minimum absolute atomic E-state index is 0.625. The van der Waals surface area contributed by atoms with Gasteiger partial charge in [-0.1, -0.05) is 0 Å². The van der Waals surface area contributed by atoms with Crippen LogP contribution >= 0.6 is 0 Å². The van der Waals surface area contributed by atoms with Gasteiger partial charge in [0.25, 0.3) is 0 Å². The third kappa shape index (κ3) is 2.75. The lowest BCUT2D eigenvalue weighted by molar-refractivity contribution is 0.862. The molecule has 0 radical (unpaired) electrons. The van der Waals surface area contributed by atoms with E-state index in [0.717, 1.165) is 24.6 Å². The molecule has 2 heterocycles. The van der Waals surface area contributed by atoms with Crippen LogP contribution in [-0.4, -0.2) is 28.5 Å². The van der Waals surface area contributed by atoms with Gasteiger partial charge in [-0.25, -0.2) is 4.98 Å². The van der Waals surface area contributed by atoms with Crippen LogP contribution < -0.4 is 10.6 Å². The van der Waals surface area contributed by atoms with Crippen molar-refractivity contribution in [2.24, 2.45) is 0 Å². The number of H-pyrrole nitrogens is 1. The molecular formula is C12H17N5. The van der Waals surface area contributed by atoms with Crippen LogP contribution in [0.4, 0.5) is 11.6 Å². The predicted molar refractivity (Wildman–Crippen MR) is 68.9 cm³/mol. The Labute approximate surface area is 101 Å². The van der Waals surface area contributed by atoms with Gasteiger partial charge in [-0.2, -0.15) is 0 Å². The number of likely N-dealkylation sites (N-methyl/N-ethyl adjacent to an activating group) is 1. The van der Waals surface area contributed by atoms with Gasteiger partial charge in [0, 0.05) is 26.0 Å². The molecule has 0 aliphatic heterocycles. The number of aryl methyl sites for hydroxylation is 1. The van der Waals surface area contributed by atoms with Crippen LogP contribution in [0.3, 0.4) is 0 Å². The van der Waals surface area contributed by atoms with E-state index in [0.29, 0.717) is 5.82 Å². The number of aromatic nitrogens is 3. The van der Waals surface area contributed by atoms with Crippen LogP contribution in [0.2, 0.25) is 0 Å². The van der Waals surface area contributed by atoms with E-state index in [4.69, 9.17) is 5.73 Å². The molecule has 0 atom stereocenters. The second-order valence-electron chi connectivity index (χ2n) is 4.09. The highest BCUT2D eigenvalue weighted by Crippen LogP contribution is 2.18. The van der Waals surface area contributed by atoms with Crippen molar-refractivity contribution in [1.29, 1.82) is 0 Å². The van der Waals surface area contributed by atoms with Crippen molar-refractivity contribution >= 4 is 11.6 Å². The van der Waals surface area contributed by atoms with Crippen molar-refractivity contribution in [1.82, 2.24) is 15.0 Å². The third-order valence-electron chi connectivity index (χ3n) is 2.68. The number of anilines is 2. The number of hydrogen-bond acceptors (Lipinski definition) is 4. The van der Waals surface area contributed by atoms with E-state index in [9.17, 15) is 0 Å². The van der Waals surface area contributed by atoms with Gasteiger partial charge in [0.05, 0.1) is 0 Å². The summed E-state index contributed by atoms with van der Waals surface area (Å²) in [6.45, 7) is 2.77. The molecule has 90 valence electrons. The molecule has 2 aromatic rings. The monoisotopic (exact) mass is 231 g/mol. The quantitative estimate of drug-likeness (QED) is 0.833. The Kier molecular flexibility index (Phi) is 3.27. The summed E-state index contributed by atoms with van der Waals surface area (Å²) in [5.74, 6) is 2.28. The molecule has 0 aliphatic rings. The summed E-state index contributed by atoms with van der Waals surface area (Å²) in [7, 11) is 1.99. The summed E-state index contributed by atoms with van der Waals surface area (Å²) >= 11 is 0. The molecule has 5 nitrogen and oxygen atoms in total. The zero-order valence-corrected chi connectivity index (χ0v) is 10.1. The second-order valence-corrected chi connectivity index (χ2v) is 4.09. The van der Waals surface area contributed by atoms with Crippen molar-refractivity contribution in [3.63, 3.8) is 0 Å². The number of hydrogen-bond donors (Lipinski definition) is 2. The number of imidazole rings is 1. The van der Waals surface area contributed by atoms with E-state index in [2.05, 4.69) is 19.9 Å². The Bertz CT molecular complexity index is 477. The standard InChI is InChI=1S/C12H17N5/c1-9-15-11(13)12(16-9)17(2)8-5-10-3-6-14-7-4-10/h3-4,6-7H,5,8,13H2,1-2H3,(H,15,16). The minimum atomic E-state index is 0.625. The lowest BCUT2D eigenvalue weighted by Crippen LogP contribution is -2.21. The molecule has 0 spiro atoms. The van der Waals surface area contributed by atoms with E-state index in [1.54, 1.807) is 0 Å². The first-order chi connectivity index (χ1) is 8.16. The maximum Gasteiger partial charge on any atom is 0.171 e. The number of nitrogens with zero attached hydrogens (tertiary/aromatic N) is 3. The van der Waals surface area contributed by atoms with Gasteiger partial charge in [-0.05, 0) is 31.0 Å². The smallest absolute Gasteiger partial charge is 0.171 e. The third-order valence-corrected chi connectivity index (χ3v) is 2.68. The van der Waals surface area contributed by atoms with Crippen molar-refractivity contribution in [3.8, 4) is 0 Å². The van der Waals surface area contributed by atoms with E-state index < -0.39 is 0 Å². The molecule has 0 aromatic carbocycles. The molecule has 2 rings (SSSR count). The van der Waals surface area contributed by atoms with Crippen LogP contribution in [0.1, 0.15) is 11.4 Å². The number of rotatable bonds is 4. The number of nitrogen functional groups attached to an aromatic ring is 1. The molecule has 2 aromatic heterocycles. The molecule has 3 N–H and O–H groups in total. The lowest BCUT2D eigenvalue weighted by atomic mass is 10.2. The molecule has 0 bridgehead atoms. The van der Waals surface area contributed by atoms with Gasteiger partial charge in [-0.3, -0.25) is 4.98 Å². The van der Waals surface area contributed by atoms with Gasteiger partial charge in [0.15, 0.2) is 5.82 Å². The normalized spacial score (nSPS) is 10.5. The highest BCUT2D eigenvalue weighted by Gasteiger charge is 2.09. The minimum Gasteiger partial charge on any atom is -0.382 e. The Morgan fingerprint density at radius 2 is 2.06 bits per heavy atom. The number of nitrogens with two attached hydrogens (primary N) is 1. The number of pyridine rings is 1. The molecule has 0 amide bonds. The van der Waals surface area contributed by atoms with Gasteiger partial charge in [0.2, 0.25) is 0 Å². The summed E-state index contributed by atoms with van der Waals surface area (Å²) in [4.78, 5) is 13.4. The Morgan fingerprint density at radius 1 is 1.35 bits per heavy atom. The van der Waals surface area contributed by atoms with Gasteiger partial charge in [0.1, 0.15) is 11.6 Å². The topological polar surface area (TPSA) is 70.8 Å². The zero-order chi connectivity index (χ0) is 12.3. The molecule has 0 aliphatic carbocycles. The van der Waals surface area contributed by atoms with Crippen LogP contribution in [0.5, 0.6) is 0 Å². The fourth-order valence-electron chi connectivity index (χ4n) is 1.74. The van der Waals surface area contributed by atoms with Crippen molar-refractivity contribution in [3.05, 3.63) is 35.9 Å². The fraction of sp³-hybridized carbons (Fsp3) is 0.333. The summed E-state index contributed by atoms with van der Waals surface area (Å²) in [6, 6.07) is 4.04. The summed E-state index contributed by atoms with van der Waals surface area (Å²) in [6.07, 6.45) is 4.56. The average molecular weight is 231 g/mol.